The highest BCUT2D eigenvalue weighted by Crippen LogP contribution is 2.30. The van der Waals surface area contributed by atoms with E-state index in [0.717, 1.165) is 18.9 Å². The van der Waals surface area contributed by atoms with Gasteiger partial charge in [-0.2, -0.15) is 0 Å². The lowest BCUT2D eigenvalue weighted by molar-refractivity contribution is 0.327. The standard InChI is InChI=1S/C12H18FN3/c13-11(5-6-14)10-4-3-7-15-12(10)16-8-1-2-9-16/h3-4,7,11H,1-2,5-6,8-9,14H2. The molecule has 2 rings (SSSR count). The third-order valence-corrected chi connectivity index (χ3v) is 2.98. The van der Waals surface area contributed by atoms with Gasteiger partial charge in [-0.05, 0) is 31.9 Å². The molecule has 0 spiro atoms. The van der Waals surface area contributed by atoms with Crippen molar-refractivity contribution in [2.45, 2.75) is 25.4 Å². The maximum Gasteiger partial charge on any atom is 0.134 e. The smallest absolute Gasteiger partial charge is 0.134 e. The number of pyridine rings is 1. The van der Waals surface area contributed by atoms with Crippen LogP contribution in [-0.2, 0) is 0 Å². The molecule has 0 radical (unpaired) electrons. The fraction of sp³-hybridized carbons (Fsp3) is 0.583. The number of hydrogen-bond acceptors (Lipinski definition) is 3. The highest BCUT2D eigenvalue weighted by atomic mass is 19.1. The summed E-state index contributed by atoms with van der Waals surface area (Å²) in [6.45, 7) is 2.34. The zero-order valence-corrected chi connectivity index (χ0v) is 9.40. The molecule has 88 valence electrons. The van der Waals surface area contributed by atoms with E-state index < -0.39 is 6.17 Å². The highest BCUT2D eigenvalue weighted by Gasteiger charge is 2.21. The first-order valence-electron chi connectivity index (χ1n) is 5.87. The second-order valence-corrected chi connectivity index (χ2v) is 4.16. The van der Waals surface area contributed by atoms with Crippen molar-refractivity contribution < 1.29 is 4.39 Å². The van der Waals surface area contributed by atoms with Crippen LogP contribution < -0.4 is 10.6 Å². The topological polar surface area (TPSA) is 42.1 Å². The Labute approximate surface area is 95.5 Å². The maximum absolute atomic E-state index is 13.9. The van der Waals surface area contributed by atoms with Gasteiger partial charge in [-0.15, -0.1) is 0 Å². The molecule has 1 fully saturated rings. The van der Waals surface area contributed by atoms with Gasteiger partial charge >= 0.3 is 0 Å². The van der Waals surface area contributed by atoms with Crippen LogP contribution in [-0.4, -0.2) is 24.6 Å². The fourth-order valence-corrected chi connectivity index (χ4v) is 2.15. The molecule has 2 heterocycles. The Bertz CT molecular complexity index is 337. The molecule has 0 saturated carbocycles. The molecule has 1 aromatic heterocycles. The van der Waals surface area contributed by atoms with Crippen LogP contribution in [0.3, 0.4) is 0 Å². The molecule has 1 saturated heterocycles. The second-order valence-electron chi connectivity index (χ2n) is 4.16. The molecule has 1 atom stereocenters. The van der Waals surface area contributed by atoms with Crippen molar-refractivity contribution in [2.24, 2.45) is 5.73 Å². The Kier molecular flexibility index (Phi) is 3.72. The van der Waals surface area contributed by atoms with E-state index in [0.29, 0.717) is 18.5 Å². The largest absolute Gasteiger partial charge is 0.356 e. The van der Waals surface area contributed by atoms with Gasteiger partial charge in [0, 0.05) is 24.8 Å². The van der Waals surface area contributed by atoms with Crippen molar-refractivity contribution >= 4 is 5.82 Å². The average molecular weight is 223 g/mol. The molecule has 3 nitrogen and oxygen atoms in total. The molecule has 0 aromatic carbocycles. The van der Waals surface area contributed by atoms with Gasteiger partial charge in [0.25, 0.3) is 0 Å². The Balaban J connectivity index is 2.22. The van der Waals surface area contributed by atoms with Crippen LogP contribution in [0.4, 0.5) is 10.2 Å². The predicted octanol–water partition coefficient (Wildman–Crippen LogP) is 2.04. The third kappa shape index (κ3) is 2.32. The van der Waals surface area contributed by atoms with Crippen molar-refractivity contribution in [3.05, 3.63) is 23.9 Å². The van der Waals surface area contributed by atoms with Gasteiger partial charge < -0.3 is 10.6 Å². The quantitative estimate of drug-likeness (QED) is 0.849. The Hall–Kier alpha value is -1.16. The monoisotopic (exact) mass is 223 g/mol. The van der Waals surface area contributed by atoms with Crippen LogP contribution in [0, 0.1) is 0 Å². The van der Waals surface area contributed by atoms with Crippen molar-refractivity contribution in [3.8, 4) is 0 Å². The summed E-state index contributed by atoms with van der Waals surface area (Å²) in [7, 11) is 0. The number of rotatable bonds is 4. The number of nitrogens with zero attached hydrogens (tertiary/aromatic N) is 2. The van der Waals surface area contributed by atoms with Gasteiger partial charge in [0.15, 0.2) is 0 Å². The number of hydrogen-bond donors (Lipinski definition) is 1. The van der Waals surface area contributed by atoms with E-state index in [1.165, 1.54) is 12.8 Å². The summed E-state index contributed by atoms with van der Waals surface area (Å²) >= 11 is 0. The molecule has 2 N–H and O–H groups in total. The van der Waals surface area contributed by atoms with Crippen LogP contribution in [0.25, 0.3) is 0 Å². The molecule has 0 amide bonds. The van der Waals surface area contributed by atoms with Gasteiger partial charge in [0.05, 0.1) is 0 Å². The van der Waals surface area contributed by atoms with Crippen molar-refractivity contribution in [3.63, 3.8) is 0 Å². The molecule has 1 aliphatic rings. The molecular formula is C12H18FN3. The van der Waals surface area contributed by atoms with Crippen LogP contribution >= 0.6 is 0 Å². The minimum absolute atomic E-state index is 0.368. The van der Waals surface area contributed by atoms with Gasteiger partial charge in [-0.3, -0.25) is 0 Å². The van der Waals surface area contributed by atoms with Crippen LogP contribution in [0.1, 0.15) is 31.0 Å². The molecule has 4 heteroatoms. The number of aromatic nitrogens is 1. The van der Waals surface area contributed by atoms with Gasteiger partial charge in [0.1, 0.15) is 12.0 Å². The molecule has 16 heavy (non-hydrogen) atoms. The Morgan fingerprint density at radius 2 is 2.19 bits per heavy atom. The van der Waals surface area contributed by atoms with Crippen molar-refractivity contribution in [2.75, 3.05) is 24.5 Å². The molecule has 1 unspecified atom stereocenters. The Morgan fingerprint density at radius 3 is 2.88 bits per heavy atom. The minimum Gasteiger partial charge on any atom is -0.356 e. The third-order valence-electron chi connectivity index (χ3n) is 2.98. The van der Waals surface area contributed by atoms with E-state index in [1.807, 2.05) is 6.07 Å². The number of halogens is 1. The summed E-state index contributed by atoms with van der Waals surface area (Å²) in [4.78, 5) is 6.47. The summed E-state index contributed by atoms with van der Waals surface area (Å²) in [5, 5.41) is 0. The summed E-state index contributed by atoms with van der Waals surface area (Å²) in [5.41, 5.74) is 6.09. The van der Waals surface area contributed by atoms with Crippen LogP contribution in [0.15, 0.2) is 18.3 Å². The lowest BCUT2D eigenvalue weighted by Gasteiger charge is -2.21. The number of alkyl halides is 1. The normalized spacial score (nSPS) is 17.8. The van der Waals surface area contributed by atoms with E-state index in [9.17, 15) is 4.39 Å². The maximum atomic E-state index is 13.9. The van der Waals surface area contributed by atoms with E-state index in [1.54, 1.807) is 12.3 Å². The number of nitrogens with two attached hydrogens (primary N) is 1. The molecule has 1 aliphatic heterocycles. The first kappa shape index (κ1) is 11.3. The van der Waals surface area contributed by atoms with Gasteiger partial charge in [-0.25, -0.2) is 9.37 Å². The van der Waals surface area contributed by atoms with E-state index >= 15 is 0 Å². The zero-order valence-electron chi connectivity index (χ0n) is 9.40. The first-order chi connectivity index (χ1) is 7.83. The molecule has 0 aliphatic carbocycles. The molecule has 1 aromatic rings. The van der Waals surface area contributed by atoms with Crippen molar-refractivity contribution in [1.29, 1.82) is 0 Å². The molecule has 0 bridgehead atoms. The van der Waals surface area contributed by atoms with Gasteiger partial charge in [0.2, 0.25) is 0 Å². The number of anilines is 1. The van der Waals surface area contributed by atoms with Gasteiger partial charge in [-0.1, -0.05) is 6.07 Å². The second kappa shape index (κ2) is 5.25. The van der Waals surface area contributed by atoms with Crippen molar-refractivity contribution in [1.82, 2.24) is 4.98 Å². The zero-order chi connectivity index (χ0) is 11.4. The Morgan fingerprint density at radius 1 is 1.44 bits per heavy atom. The van der Waals surface area contributed by atoms with Crippen LogP contribution in [0.5, 0.6) is 0 Å². The van der Waals surface area contributed by atoms with Crippen LogP contribution in [0.2, 0.25) is 0 Å². The van der Waals surface area contributed by atoms with E-state index in [-0.39, 0.29) is 0 Å². The fourth-order valence-electron chi connectivity index (χ4n) is 2.15. The summed E-state index contributed by atoms with van der Waals surface area (Å²) in [6, 6.07) is 3.61. The lowest BCUT2D eigenvalue weighted by Crippen LogP contribution is -2.21. The summed E-state index contributed by atoms with van der Waals surface area (Å²) in [6.07, 6.45) is 3.45. The van der Waals surface area contributed by atoms with E-state index in [4.69, 9.17) is 5.73 Å². The average Bonchev–Trinajstić information content (AvgIpc) is 2.83. The lowest BCUT2D eigenvalue weighted by atomic mass is 10.1. The predicted molar refractivity (Wildman–Crippen MR) is 63.2 cm³/mol. The highest BCUT2D eigenvalue weighted by molar-refractivity contribution is 5.48. The summed E-state index contributed by atoms with van der Waals surface area (Å²) < 4.78 is 13.9. The van der Waals surface area contributed by atoms with E-state index in [2.05, 4.69) is 9.88 Å². The minimum atomic E-state index is -0.991. The summed E-state index contributed by atoms with van der Waals surface area (Å²) in [5.74, 6) is 0.806. The first-order valence-corrected chi connectivity index (χ1v) is 5.87. The SMILES string of the molecule is NCCC(F)c1cccnc1N1CCCC1. The molecular weight excluding hydrogens is 205 g/mol.